The van der Waals surface area contributed by atoms with E-state index in [2.05, 4.69) is 32.7 Å². The van der Waals surface area contributed by atoms with Crippen molar-refractivity contribution in [1.29, 1.82) is 0 Å². The molecule has 132 valence electrons. The lowest BCUT2D eigenvalue weighted by Gasteiger charge is -2.07. The number of halogens is 1. The van der Waals surface area contributed by atoms with Crippen molar-refractivity contribution in [2.45, 2.75) is 12.8 Å². The van der Waals surface area contributed by atoms with E-state index in [0.717, 1.165) is 12.8 Å². The van der Waals surface area contributed by atoms with Crippen LogP contribution in [0.3, 0.4) is 0 Å². The highest BCUT2D eigenvalue weighted by atomic mass is 19.1. The minimum Gasteiger partial charge on any atom is -0.352 e. The molecule has 1 aromatic heterocycles. The second-order valence-electron chi connectivity index (χ2n) is 5.77. The van der Waals surface area contributed by atoms with Gasteiger partial charge in [-0.15, -0.1) is 0 Å². The summed E-state index contributed by atoms with van der Waals surface area (Å²) in [4.78, 5) is 20.3. The van der Waals surface area contributed by atoms with Gasteiger partial charge in [0.15, 0.2) is 0 Å². The number of benzene rings is 2. The van der Waals surface area contributed by atoms with Gasteiger partial charge in [-0.1, -0.05) is 30.3 Å². The van der Waals surface area contributed by atoms with E-state index >= 15 is 0 Å². The molecule has 0 spiro atoms. The second kappa shape index (κ2) is 8.71. The average Bonchev–Trinajstić information content (AvgIpc) is 2.68. The molecule has 3 aromatic rings. The van der Waals surface area contributed by atoms with Crippen LogP contribution in [0.25, 0.3) is 0 Å². The smallest absolute Gasteiger partial charge is 0.254 e. The Balaban J connectivity index is 1.46. The summed E-state index contributed by atoms with van der Waals surface area (Å²) >= 11 is 0. The van der Waals surface area contributed by atoms with Crippen LogP contribution in [0.15, 0.2) is 67.0 Å². The predicted molar refractivity (Wildman–Crippen MR) is 98.8 cm³/mol. The topological polar surface area (TPSA) is 66.9 Å². The Labute approximate surface area is 151 Å². The third-order valence-electron chi connectivity index (χ3n) is 3.79. The molecule has 0 radical (unpaired) electrons. The molecule has 1 amide bonds. The molecule has 1 heterocycles. The number of aromatic nitrogens is 2. The van der Waals surface area contributed by atoms with E-state index < -0.39 is 0 Å². The molecule has 0 unspecified atom stereocenters. The average molecular weight is 350 g/mol. The number of anilines is 2. The summed E-state index contributed by atoms with van der Waals surface area (Å²) in [6.45, 7) is 0.587. The zero-order valence-corrected chi connectivity index (χ0v) is 14.2. The summed E-state index contributed by atoms with van der Waals surface area (Å²) in [5.74, 6) is -0.167. The van der Waals surface area contributed by atoms with Crippen LogP contribution in [-0.2, 0) is 6.42 Å². The van der Waals surface area contributed by atoms with Crippen LogP contribution in [0, 0.1) is 5.82 Å². The molecule has 0 saturated carbocycles. The first-order valence-corrected chi connectivity index (χ1v) is 8.37. The second-order valence-corrected chi connectivity index (χ2v) is 5.77. The van der Waals surface area contributed by atoms with Gasteiger partial charge in [0.2, 0.25) is 5.95 Å². The van der Waals surface area contributed by atoms with E-state index in [-0.39, 0.29) is 11.7 Å². The van der Waals surface area contributed by atoms with Gasteiger partial charge in [0.05, 0.1) is 5.56 Å². The Hall–Kier alpha value is -3.28. The molecule has 5 nitrogen and oxygen atoms in total. The van der Waals surface area contributed by atoms with Gasteiger partial charge < -0.3 is 10.6 Å². The monoisotopic (exact) mass is 350 g/mol. The van der Waals surface area contributed by atoms with Gasteiger partial charge in [-0.25, -0.2) is 14.4 Å². The van der Waals surface area contributed by atoms with Crippen LogP contribution in [-0.4, -0.2) is 22.4 Å². The third kappa shape index (κ3) is 5.11. The largest absolute Gasteiger partial charge is 0.352 e. The lowest BCUT2D eigenvalue weighted by Crippen LogP contribution is -2.25. The Morgan fingerprint density at radius 1 is 0.962 bits per heavy atom. The summed E-state index contributed by atoms with van der Waals surface area (Å²) < 4.78 is 12.9. The molecular weight excluding hydrogens is 331 g/mol. The van der Waals surface area contributed by atoms with Crippen LogP contribution in [0.4, 0.5) is 16.0 Å². The van der Waals surface area contributed by atoms with E-state index in [1.54, 1.807) is 12.1 Å². The molecular formula is C20H19FN4O. The number of aryl methyl sites for hydroxylation is 1. The molecule has 26 heavy (non-hydrogen) atoms. The van der Waals surface area contributed by atoms with Crippen LogP contribution in [0.5, 0.6) is 0 Å². The van der Waals surface area contributed by atoms with E-state index in [1.165, 1.54) is 30.1 Å². The van der Waals surface area contributed by atoms with Gasteiger partial charge in [0, 0.05) is 24.6 Å². The SMILES string of the molecule is O=C(NCCCc1ccccc1)c1cnc(Nc2ccc(F)cc2)nc1. The van der Waals surface area contributed by atoms with Crippen molar-refractivity contribution in [2.24, 2.45) is 0 Å². The molecule has 0 aliphatic heterocycles. The van der Waals surface area contributed by atoms with Crippen LogP contribution in [0.1, 0.15) is 22.3 Å². The number of rotatable bonds is 7. The zero-order chi connectivity index (χ0) is 18.2. The molecule has 2 N–H and O–H groups in total. The fraction of sp³-hybridized carbons (Fsp3) is 0.150. The van der Waals surface area contributed by atoms with Gasteiger partial charge in [0.25, 0.3) is 5.91 Å². The number of nitrogens with zero attached hydrogens (tertiary/aromatic N) is 2. The fourth-order valence-electron chi connectivity index (χ4n) is 2.41. The molecule has 0 atom stereocenters. The molecule has 0 saturated heterocycles. The molecule has 0 bridgehead atoms. The molecule has 2 aromatic carbocycles. The van der Waals surface area contributed by atoms with E-state index in [9.17, 15) is 9.18 Å². The lowest BCUT2D eigenvalue weighted by atomic mass is 10.1. The summed E-state index contributed by atoms with van der Waals surface area (Å²) in [6.07, 6.45) is 4.70. The summed E-state index contributed by atoms with van der Waals surface area (Å²) in [5, 5.41) is 5.81. The summed E-state index contributed by atoms with van der Waals surface area (Å²) in [7, 11) is 0. The van der Waals surface area contributed by atoms with Crippen molar-refractivity contribution in [1.82, 2.24) is 15.3 Å². The number of carbonyl (C=O) groups excluding carboxylic acids is 1. The van der Waals surface area contributed by atoms with Crippen molar-refractivity contribution in [3.05, 3.63) is 83.9 Å². The van der Waals surface area contributed by atoms with Gasteiger partial charge in [-0.3, -0.25) is 4.79 Å². The number of hydrogen-bond donors (Lipinski definition) is 2. The highest BCUT2D eigenvalue weighted by Gasteiger charge is 2.07. The minimum absolute atomic E-state index is 0.202. The number of hydrogen-bond acceptors (Lipinski definition) is 4. The Morgan fingerprint density at radius 2 is 1.65 bits per heavy atom. The fourth-order valence-corrected chi connectivity index (χ4v) is 2.41. The third-order valence-corrected chi connectivity index (χ3v) is 3.79. The molecule has 3 rings (SSSR count). The highest BCUT2D eigenvalue weighted by Crippen LogP contribution is 2.13. The number of amides is 1. The van der Waals surface area contributed by atoms with Gasteiger partial charge in [0.1, 0.15) is 5.82 Å². The normalized spacial score (nSPS) is 10.3. The highest BCUT2D eigenvalue weighted by molar-refractivity contribution is 5.93. The maximum atomic E-state index is 12.9. The van der Waals surface area contributed by atoms with Crippen molar-refractivity contribution in [3.8, 4) is 0 Å². The van der Waals surface area contributed by atoms with Gasteiger partial charge in [-0.2, -0.15) is 0 Å². The number of carbonyl (C=O) groups is 1. The van der Waals surface area contributed by atoms with Crippen LogP contribution >= 0.6 is 0 Å². The zero-order valence-electron chi connectivity index (χ0n) is 14.2. The minimum atomic E-state index is -0.309. The molecule has 0 aliphatic carbocycles. The quantitative estimate of drug-likeness (QED) is 0.637. The summed E-state index contributed by atoms with van der Waals surface area (Å²) in [5.41, 5.74) is 2.32. The lowest BCUT2D eigenvalue weighted by molar-refractivity contribution is 0.0952. The first-order chi connectivity index (χ1) is 12.7. The van der Waals surface area contributed by atoms with E-state index in [4.69, 9.17) is 0 Å². The maximum Gasteiger partial charge on any atom is 0.254 e. The molecule has 0 fully saturated rings. The Kier molecular flexibility index (Phi) is 5.88. The molecule has 6 heteroatoms. The summed E-state index contributed by atoms with van der Waals surface area (Å²) in [6, 6.07) is 16.0. The molecule has 0 aliphatic rings. The predicted octanol–water partition coefficient (Wildman–Crippen LogP) is 3.72. The van der Waals surface area contributed by atoms with E-state index in [1.807, 2.05) is 18.2 Å². The first-order valence-electron chi connectivity index (χ1n) is 8.37. The maximum absolute atomic E-state index is 12.9. The van der Waals surface area contributed by atoms with Crippen LogP contribution < -0.4 is 10.6 Å². The van der Waals surface area contributed by atoms with Gasteiger partial charge >= 0.3 is 0 Å². The van der Waals surface area contributed by atoms with Crippen LogP contribution in [0.2, 0.25) is 0 Å². The van der Waals surface area contributed by atoms with Crippen molar-refractivity contribution in [2.75, 3.05) is 11.9 Å². The van der Waals surface area contributed by atoms with Crippen molar-refractivity contribution < 1.29 is 9.18 Å². The Morgan fingerprint density at radius 3 is 2.35 bits per heavy atom. The Bertz CT molecular complexity index is 836. The number of nitrogens with one attached hydrogen (secondary N) is 2. The standard InChI is InChI=1S/C20H19FN4O/c21-17-8-10-18(11-9-17)25-20-23-13-16(14-24-20)19(26)22-12-4-7-15-5-2-1-3-6-15/h1-3,5-6,8-11,13-14H,4,7,12H2,(H,22,26)(H,23,24,25). The van der Waals surface area contributed by atoms with Gasteiger partial charge in [-0.05, 0) is 42.7 Å². The first kappa shape index (κ1) is 17.5. The van der Waals surface area contributed by atoms with Crippen molar-refractivity contribution >= 4 is 17.5 Å². The van der Waals surface area contributed by atoms with E-state index in [0.29, 0.717) is 23.7 Å². The van der Waals surface area contributed by atoms with Crippen molar-refractivity contribution in [3.63, 3.8) is 0 Å².